The fraction of sp³-hybridized carbons (Fsp3) is 0.833. The molecule has 2 N–H and O–H groups in total. The largest absolute Gasteiger partial charge is 0.385 e. The summed E-state index contributed by atoms with van der Waals surface area (Å²) in [5.74, 6) is 1.84. The summed E-state index contributed by atoms with van der Waals surface area (Å²) in [6.45, 7) is 2.99. The average molecular weight is 221 g/mol. The first-order valence-electron chi connectivity index (χ1n) is 6.34. The lowest BCUT2D eigenvalue weighted by Gasteiger charge is -2.37. The molecular formula is C12H19N3O. The van der Waals surface area contributed by atoms with Crippen LogP contribution in [0.3, 0.4) is 0 Å². The number of amidine groups is 1. The van der Waals surface area contributed by atoms with Crippen molar-refractivity contribution in [1.82, 2.24) is 4.90 Å². The standard InChI is InChI=1S/C12H19N3O/c1-2-12(9-5-6-9)10(13)14-11(16)15(12)7-8-3-4-8/h8-9H,2-7H2,1H3,(H2,13,14,16). The van der Waals surface area contributed by atoms with Crippen LogP contribution < -0.4 is 5.73 Å². The highest BCUT2D eigenvalue weighted by Gasteiger charge is 2.56. The van der Waals surface area contributed by atoms with E-state index in [0.29, 0.717) is 17.7 Å². The highest BCUT2D eigenvalue weighted by atomic mass is 16.2. The van der Waals surface area contributed by atoms with Gasteiger partial charge in [-0.3, -0.25) is 0 Å². The third kappa shape index (κ3) is 1.28. The molecule has 3 rings (SSSR count). The molecule has 1 unspecified atom stereocenters. The van der Waals surface area contributed by atoms with Crippen molar-refractivity contribution < 1.29 is 4.79 Å². The maximum Gasteiger partial charge on any atom is 0.346 e. The third-order valence-corrected chi connectivity index (χ3v) is 4.30. The lowest BCUT2D eigenvalue weighted by molar-refractivity contribution is 0.150. The Morgan fingerprint density at radius 3 is 2.62 bits per heavy atom. The molecule has 2 saturated carbocycles. The Balaban J connectivity index is 1.90. The van der Waals surface area contributed by atoms with E-state index in [2.05, 4.69) is 11.9 Å². The van der Waals surface area contributed by atoms with Gasteiger partial charge < -0.3 is 10.6 Å². The first-order valence-corrected chi connectivity index (χ1v) is 6.34. The molecule has 1 atom stereocenters. The summed E-state index contributed by atoms with van der Waals surface area (Å²) in [7, 11) is 0. The number of carbonyl (C=O) groups is 1. The Kier molecular flexibility index (Phi) is 2.03. The lowest BCUT2D eigenvalue weighted by Crippen LogP contribution is -2.56. The minimum atomic E-state index is -0.223. The van der Waals surface area contributed by atoms with Gasteiger partial charge in [0.2, 0.25) is 0 Å². The Bertz CT molecular complexity index is 357. The number of aliphatic imine (C=N–C) groups is 1. The van der Waals surface area contributed by atoms with E-state index >= 15 is 0 Å². The highest BCUT2D eigenvalue weighted by Crippen LogP contribution is 2.48. The fourth-order valence-corrected chi connectivity index (χ4v) is 3.02. The molecule has 0 aromatic heterocycles. The zero-order valence-corrected chi connectivity index (χ0v) is 9.78. The van der Waals surface area contributed by atoms with Gasteiger partial charge in [0, 0.05) is 6.54 Å². The van der Waals surface area contributed by atoms with Crippen LogP contribution in [-0.2, 0) is 0 Å². The summed E-state index contributed by atoms with van der Waals surface area (Å²) >= 11 is 0. The van der Waals surface area contributed by atoms with E-state index in [1.807, 2.05) is 4.90 Å². The van der Waals surface area contributed by atoms with Crippen LogP contribution in [0.2, 0.25) is 0 Å². The summed E-state index contributed by atoms with van der Waals surface area (Å²) in [4.78, 5) is 17.9. The number of amides is 2. The summed E-state index contributed by atoms with van der Waals surface area (Å²) in [5, 5.41) is 0. The molecule has 2 amide bonds. The van der Waals surface area contributed by atoms with Crippen molar-refractivity contribution in [3.8, 4) is 0 Å². The fourth-order valence-electron chi connectivity index (χ4n) is 3.02. The molecule has 0 bridgehead atoms. The molecule has 0 aromatic carbocycles. The van der Waals surface area contributed by atoms with Crippen LogP contribution in [0.1, 0.15) is 39.0 Å². The van der Waals surface area contributed by atoms with E-state index in [1.54, 1.807) is 0 Å². The number of hydrogen-bond donors (Lipinski definition) is 1. The van der Waals surface area contributed by atoms with Crippen LogP contribution in [-0.4, -0.2) is 28.9 Å². The summed E-state index contributed by atoms with van der Waals surface area (Å²) < 4.78 is 0. The van der Waals surface area contributed by atoms with Gasteiger partial charge in [0.05, 0.1) is 0 Å². The van der Waals surface area contributed by atoms with Crippen molar-refractivity contribution >= 4 is 11.9 Å². The van der Waals surface area contributed by atoms with Gasteiger partial charge in [-0.2, -0.15) is 4.99 Å². The predicted molar refractivity (Wildman–Crippen MR) is 62.2 cm³/mol. The first kappa shape index (κ1) is 10.1. The zero-order chi connectivity index (χ0) is 11.3. The quantitative estimate of drug-likeness (QED) is 0.786. The Morgan fingerprint density at radius 1 is 1.44 bits per heavy atom. The third-order valence-electron chi connectivity index (χ3n) is 4.30. The Hall–Kier alpha value is -1.06. The second kappa shape index (κ2) is 3.22. The van der Waals surface area contributed by atoms with Gasteiger partial charge >= 0.3 is 6.03 Å². The van der Waals surface area contributed by atoms with Crippen molar-refractivity contribution in [3.63, 3.8) is 0 Å². The molecule has 2 aliphatic carbocycles. The predicted octanol–water partition coefficient (Wildman–Crippen LogP) is 1.75. The smallest absolute Gasteiger partial charge is 0.346 e. The molecule has 0 aromatic rings. The SMILES string of the molecule is CCC1(C2CC2)C(N)=NC(=O)N1CC1CC1. The number of urea groups is 1. The van der Waals surface area contributed by atoms with Crippen LogP contribution in [0.15, 0.2) is 4.99 Å². The molecule has 3 aliphatic rings. The van der Waals surface area contributed by atoms with Crippen LogP contribution >= 0.6 is 0 Å². The first-order chi connectivity index (χ1) is 7.68. The minimum Gasteiger partial charge on any atom is -0.385 e. The molecule has 1 heterocycles. The normalized spacial score (nSPS) is 34.4. The van der Waals surface area contributed by atoms with Crippen LogP contribution in [0.5, 0.6) is 0 Å². The minimum absolute atomic E-state index is 0.0989. The van der Waals surface area contributed by atoms with E-state index in [4.69, 9.17) is 5.73 Å². The van der Waals surface area contributed by atoms with Gasteiger partial charge in [-0.05, 0) is 43.9 Å². The number of nitrogens with two attached hydrogens (primary N) is 1. The molecule has 4 nitrogen and oxygen atoms in total. The summed E-state index contributed by atoms with van der Waals surface area (Å²) in [6.07, 6.45) is 5.81. The molecule has 0 radical (unpaired) electrons. The molecule has 16 heavy (non-hydrogen) atoms. The van der Waals surface area contributed by atoms with E-state index in [1.165, 1.54) is 25.7 Å². The van der Waals surface area contributed by atoms with Crippen LogP contribution in [0, 0.1) is 11.8 Å². The van der Waals surface area contributed by atoms with Crippen molar-refractivity contribution in [2.45, 2.75) is 44.6 Å². The van der Waals surface area contributed by atoms with E-state index in [0.717, 1.165) is 13.0 Å². The zero-order valence-electron chi connectivity index (χ0n) is 9.78. The molecule has 1 aliphatic heterocycles. The second-order valence-corrected chi connectivity index (χ2v) is 5.39. The lowest BCUT2D eigenvalue weighted by atomic mass is 9.87. The van der Waals surface area contributed by atoms with E-state index < -0.39 is 0 Å². The van der Waals surface area contributed by atoms with E-state index in [9.17, 15) is 4.79 Å². The monoisotopic (exact) mass is 221 g/mol. The maximum absolute atomic E-state index is 11.9. The van der Waals surface area contributed by atoms with Crippen LogP contribution in [0.25, 0.3) is 0 Å². The van der Waals surface area contributed by atoms with Crippen molar-refractivity contribution in [1.29, 1.82) is 0 Å². The number of nitrogens with zero attached hydrogens (tertiary/aromatic N) is 2. The van der Waals surface area contributed by atoms with Crippen molar-refractivity contribution in [2.24, 2.45) is 22.6 Å². The van der Waals surface area contributed by atoms with Gasteiger partial charge in [-0.15, -0.1) is 0 Å². The van der Waals surface area contributed by atoms with Crippen molar-refractivity contribution in [3.05, 3.63) is 0 Å². The Labute approximate surface area is 95.9 Å². The number of hydrogen-bond acceptors (Lipinski definition) is 2. The van der Waals surface area contributed by atoms with Gasteiger partial charge in [-0.1, -0.05) is 6.92 Å². The number of rotatable bonds is 4. The molecular weight excluding hydrogens is 202 g/mol. The van der Waals surface area contributed by atoms with E-state index in [-0.39, 0.29) is 11.6 Å². The summed E-state index contributed by atoms with van der Waals surface area (Å²) in [5.41, 5.74) is 5.81. The summed E-state index contributed by atoms with van der Waals surface area (Å²) in [6, 6.07) is -0.0989. The Morgan fingerprint density at radius 2 is 2.12 bits per heavy atom. The van der Waals surface area contributed by atoms with Gasteiger partial charge in [-0.25, -0.2) is 4.79 Å². The number of carbonyl (C=O) groups excluding carboxylic acids is 1. The topological polar surface area (TPSA) is 58.7 Å². The molecule has 0 spiro atoms. The van der Waals surface area contributed by atoms with Crippen molar-refractivity contribution in [2.75, 3.05) is 6.54 Å². The maximum atomic E-state index is 11.9. The van der Waals surface area contributed by atoms with Gasteiger partial charge in [0.25, 0.3) is 0 Å². The molecule has 4 heteroatoms. The molecule has 2 fully saturated rings. The van der Waals surface area contributed by atoms with Gasteiger partial charge in [0.15, 0.2) is 0 Å². The van der Waals surface area contributed by atoms with Gasteiger partial charge in [0.1, 0.15) is 11.4 Å². The molecule has 88 valence electrons. The van der Waals surface area contributed by atoms with Crippen LogP contribution in [0.4, 0.5) is 4.79 Å². The molecule has 0 saturated heterocycles. The highest BCUT2D eigenvalue weighted by molar-refractivity contribution is 6.06. The average Bonchev–Trinajstić information content (AvgIpc) is 3.12. The second-order valence-electron chi connectivity index (χ2n) is 5.39.